The first-order chi connectivity index (χ1) is 9.08. The van der Waals surface area contributed by atoms with E-state index in [1.807, 2.05) is 35.0 Å². The summed E-state index contributed by atoms with van der Waals surface area (Å²) in [5, 5.41) is 0. The smallest absolute Gasteiger partial charge is 0.262 e. The van der Waals surface area contributed by atoms with Crippen LogP contribution in [-0.4, -0.2) is 25.6 Å². The third-order valence-electron chi connectivity index (χ3n) is 2.63. The van der Waals surface area contributed by atoms with Gasteiger partial charge in [-0.2, -0.15) is 0 Å². The van der Waals surface area contributed by atoms with E-state index < -0.39 is 0 Å². The van der Waals surface area contributed by atoms with Gasteiger partial charge in [-0.05, 0) is 17.7 Å². The minimum absolute atomic E-state index is 0.0503. The minimum Gasteiger partial charge on any atom is -0.295 e. The molecule has 2 aromatic rings. The normalized spacial score (nSPS) is 10.2. The fourth-order valence-corrected chi connectivity index (χ4v) is 1.90. The average molecular weight is 369 g/mol. The molecule has 0 saturated carbocycles. The maximum absolute atomic E-state index is 11.7. The fraction of sp³-hybridized carbons (Fsp3) is 0.154. The molecule has 0 bridgehead atoms. The molecule has 0 aliphatic rings. The number of aromatic nitrogens is 2. The highest BCUT2D eigenvalue weighted by atomic mass is 127. The number of hydrogen-bond donors (Lipinski definition) is 0. The molecule has 0 fully saturated rings. The summed E-state index contributed by atoms with van der Waals surface area (Å²) in [5.41, 5.74) is 1.48. The summed E-state index contributed by atoms with van der Waals surface area (Å²) >= 11 is 1.93. The molecule has 6 heteroatoms. The van der Waals surface area contributed by atoms with Crippen molar-refractivity contribution in [1.82, 2.24) is 12.7 Å². The van der Waals surface area contributed by atoms with Crippen molar-refractivity contribution in [3.63, 3.8) is 0 Å². The van der Waals surface area contributed by atoms with E-state index in [0.717, 1.165) is 5.56 Å². The van der Waals surface area contributed by atoms with Crippen molar-refractivity contribution in [2.75, 3.05) is 7.05 Å². The first-order valence-corrected chi connectivity index (χ1v) is 6.57. The van der Waals surface area contributed by atoms with Gasteiger partial charge in [-0.1, -0.05) is 12.1 Å². The Hall–Kier alpha value is -1.70. The molecule has 1 aromatic heterocycles. The topological polar surface area (TPSA) is 55.2 Å². The van der Waals surface area contributed by atoms with Crippen LogP contribution in [0.2, 0.25) is 0 Å². The number of hydrogen-bond acceptors (Lipinski definition) is 3. The zero-order valence-corrected chi connectivity index (χ0v) is 12.4. The lowest BCUT2D eigenvalue weighted by Crippen LogP contribution is -2.19. The summed E-state index contributed by atoms with van der Waals surface area (Å²) < 4.78 is 3.01. The van der Waals surface area contributed by atoms with Gasteiger partial charge in [-0.25, -0.2) is 4.98 Å². The summed E-state index contributed by atoms with van der Waals surface area (Å²) in [4.78, 5) is 27.2. The van der Waals surface area contributed by atoms with Gasteiger partial charge in [-0.3, -0.25) is 17.3 Å². The van der Waals surface area contributed by atoms with Crippen LogP contribution in [0.4, 0.5) is 0 Å². The van der Waals surface area contributed by atoms with Gasteiger partial charge in [0.2, 0.25) is 0 Å². The molecule has 0 saturated heterocycles. The molecule has 0 atom stereocenters. The van der Waals surface area contributed by atoms with Crippen LogP contribution >= 0.6 is 22.9 Å². The van der Waals surface area contributed by atoms with E-state index in [4.69, 9.17) is 0 Å². The first kappa shape index (κ1) is 13.7. The quantitative estimate of drug-likeness (QED) is 0.612. The van der Waals surface area contributed by atoms with Gasteiger partial charge < -0.3 is 0 Å². The van der Waals surface area contributed by atoms with Crippen molar-refractivity contribution >= 4 is 28.8 Å². The van der Waals surface area contributed by atoms with E-state index >= 15 is 0 Å². The highest BCUT2D eigenvalue weighted by Gasteiger charge is 2.08. The molecule has 0 unspecified atom stereocenters. The Morgan fingerprint density at radius 2 is 2.00 bits per heavy atom. The molecule has 2 rings (SSSR count). The molecule has 98 valence electrons. The van der Waals surface area contributed by atoms with Crippen molar-refractivity contribution in [2.45, 2.75) is 6.54 Å². The predicted octanol–water partition coefficient (Wildman–Crippen LogP) is 1.71. The highest BCUT2D eigenvalue weighted by molar-refractivity contribution is 14.1. The second kappa shape index (κ2) is 5.96. The standard InChI is InChI=1S/C13H12IN3O2/c1-16(14)13(19)11-4-2-10(3-5-11)8-17-9-15-7-6-12(17)18/h2-7,9H,8H2,1H3. The fourth-order valence-electron chi connectivity index (χ4n) is 1.62. The number of nitrogens with zero attached hydrogens (tertiary/aromatic N) is 3. The van der Waals surface area contributed by atoms with E-state index in [0.29, 0.717) is 12.1 Å². The SMILES string of the molecule is CN(I)C(=O)c1ccc(Cn2cnccc2=O)cc1. The van der Waals surface area contributed by atoms with Crippen LogP contribution in [0, 0.1) is 0 Å². The van der Waals surface area contributed by atoms with Crippen molar-refractivity contribution in [3.05, 3.63) is 64.3 Å². The summed E-state index contributed by atoms with van der Waals surface area (Å²) in [6.07, 6.45) is 2.97. The highest BCUT2D eigenvalue weighted by Crippen LogP contribution is 2.09. The molecular formula is C13H12IN3O2. The Balaban J connectivity index is 2.18. The largest absolute Gasteiger partial charge is 0.295 e. The Kier molecular flexibility index (Phi) is 4.31. The lowest BCUT2D eigenvalue weighted by molar-refractivity contribution is 0.0906. The van der Waals surface area contributed by atoms with Gasteiger partial charge in [0, 0.05) is 24.9 Å². The van der Waals surface area contributed by atoms with Crippen molar-refractivity contribution < 1.29 is 4.79 Å². The number of carbonyl (C=O) groups excluding carboxylic acids is 1. The van der Waals surface area contributed by atoms with Crippen molar-refractivity contribution in [1.29, 1.82) is 0 Å². The van der Waals surface area contributed by atoms with Crippen LogP contribution in [0.1, 0.15) is 15.9 Å². The third kappa shape index (κ3) is 3.40. The van der Waals surface area contributed by atoms with E-state index in [1.165, 1.54) is 26.3 Å². The molecule has 1 amide bonds. The number of amides is 1. The van der Waals surface area contributed by atoms with Crippen LogP contribution in [-0.2, 0) is 6.54 Å². The van der Waals surface area contributed by atoms with Crippen LogP contribution < -0.4 is 5.56 Å². The van der Waals surface area contributed by atoms with Crippen molar-refractivity contribution in [2.24, 2.45) is 0 Å². The van der Waals surface area contributed by atoms with E-state index in [9.17, 15) is 9.59 Å². The molecule has 1 aromatic carbocycles. The summed E-state index contributed by atoms with van der Waals surface area (Å²) in [6, 6.07) is 8.62. The Morgan fingerprint density at radius 1 is 1.32 bits per heavy atom. The first-order valence-electron chi connectivity index (χ1n) is 5.61. The number of halogens is 1. The zero-order valence-electron chi connectivity index (χ0n) is 10.3. The van der Waals surface area contributed by atoms with E-state index in [-0.39, 0.29) is 11.5 Å². The van der Waals surface area contributed by atoms with Gasteiger partial charge in [0.05, 0.1) is 35.7 Å². The van der Waals surface area contributed by atoms with Crippen LogP contribution in [0.5, 0.6) is 0 Å². The zero-order chi connectivity index (χ0) is 13.8. The molecule has 5 nitrogen and oxygen atoms in total. The lowest BCUT2D eigenvalue weighted by atomic mass is 10.1. The Morgan fingerprint density at radius 3 is 2.58 bits per heavy atom. The monoisotopic (exact) mass is 369 g/mol. The van der Waals surface area contributed by atoms with Gasteiger partial charge in [0.25, 0.3) is 11.5 Å². The van der Waals surface area contributed by atoms with Gasteiger partial charge in [0.15, 0.2) is 0 Å². The number of rotatable bonds is 3. The molecule has 0 N–H and O–H groups in total. The maximum Gasteiger partial charge on any atom is 0.262 e. The Labute approximate surface area is 124 Å². The van der Waals surface area contributed by atoms with E-state index in [2.05, 4.69) is 4.98 Å². The van der Waals surface area contributed by atoms with Crippen LogP contribution in [0.15, 0.2) is 47.7 Å². The van der Waals surface area contributed by atoms with Gasteiger partial charge in [0.1, 0.15) is 0 Å². The summed E-state index contributed by atoms with van der Waals surface area (Å²) in [5.74, 6) is -0.0503. The lowest BCUT2D eigenvalue weighted by Gasteiger charge is -2.09. The molecular weight excluding hydrogens is 357 g/mol. The second-order valence-electron chi connectivity index (χ2n) is 4.03. The molecule has 0 aliphatic heterocycles. The average Bonchev–Trinajstić information content (AvgIpc) is 2.41. The third-order valence-corrected chi connectivity index (χ3v) is 3.06. The second-order valence-corrected chi connectivity index (χ2v) is 5.47. The minimum atomic E-state index is -0.0952. The molecule has 0 aliphatic carbocycles. The molecule has 0 spiro atoms. The van der Waals surface area contributed by atoms with Crippen molar-refractivity contribution in [3.8, 4) is 0 Å². The Bertz CT molecular complexity index is 635. The van der Waals surface area contributed by atoms with Gasteiger partial charge >= 0.3 is 0 Å². The summed E-state index contributed by atoms with van der Waals surface area (Å²) in [6.45, 7) is 0.446. The maximum atomic E-state index is 11.7. The van der Waals surface area contributed by atoms with Crippen LogP contribution in [0.25, 0.3) is 0 Å². The molecule has 1 heterocycles. The molecule has 0 radical (unpaired) electrons. The van der Waals surface area contributed by atoms with Crippen LogP contribution in [0.3, 0.4) is 0 Å². The van der Waals surface area contributed by atoms with Gasteiger partial charge in [-0.15, -0.1) is 0 Å². The summed E-state index contributed by atoms with van der Waals surface area (Å²) in [7, 11) is 1.70. The predicted molar refractivity (Wildman–Crippen MR) is 80.2 cm³/mol. The number of benzene rings is 1. The van der Waals surface area contributed by atoms with E-state index in [1.54, 1.807) is 19.2 Å². The number of carbonyl (C=O) groups is 1. The molecule has 19 heavy (non-hydrogen) atoms.